The summed E-state index contributed by atoms with van der Waals surface area (Å²) in [7, 11) is 0. The average Bonchev–Trinajstić information content (AvgIpc) is 2.73. The van der Waals surface area contributed by atoms with Gasteiger partial charge < -0.3 is 15.0 Å². The number of rotatable bonds is 1. The zero-order valence-corrected chi connectivity index (χ0v) is 9.95. The SMILES string of the molecule is Cc1c(C#N)c(N)n(C2CCOC2C)c1C. The van der Waals surface area contributed by atoms with Crippen LogP contribution >= 0.6 is 0 Å². The van der Waals surface area contributed by atoms with E-state index in [-0.39, 0.29) is 12.1 Å². The van der Waals surface area contributed by atoms with Crippen molar-refractivity contribution in [3.05, 3.63) is 16.8 Å². The van der Waals surface area contributed by atoms with Gasteiger partial charge in [0, 0.05) is 12.3 Å². The predicted molar refractivity (Wildman–Crippen MR) is 62.1 cm³/mol. The summed E-state index contributed by atoms with van der Waals surface area (Å²) in [6.07, 6.45) is 1.13. The van der Waals surface area contributed by atoms with Crippen LogP contribution in [0, 0.1) is 25.2 Å². The number of ether oxygens (including phenoxy) is 1. The smallest absolute Gasteiger partial charge is 0.122 e. The zero-order valence-electron chi connectivity index (χ0n) is 9.95. The largest absolute Gasteiger partial charge is 0.384 e. The first-order chi connectivity index (χ1) is 7.57. The summed E-state index contributed by atoms with van der Waals surface area (Å²) in [5.74, 6) is 0.583. The number of nitriles is 1. The fourth-order valence-electron chi connectivity index (χ4n) is 2.48. The molecule has 2 rings (SSSR count). The first-order valence-corrected chi connectivity index (χ1v) is 5.56. The van der Waals surface area contributed by atoms with Crippen molar-refractivity contribution in [2.45, 2.75) is 39.3 Å². The maximum absolute atomic E-state index is 9.07. The summed E-state index contributed by atoms with van der Waals surface area (Å²) in [5.41, 5.74) is 8.72. The number of nitrogens with zero attached hydrogens (tertiary/aromatic N) is 2. The van der Waals surface area contributed by atoms with Crippen molar-refractivity contribution in [2.24, 2.45) is 0 Å². The van der Waals surface area contributed by atoms with Gasteiger partial charge in [0.2, 0.25) is 0 Å². The van der Waals surface area contributed by atoms with Crippen LogP contribution in [0.15, 0.2) is 0 Å². The Kier molecular flexibility index (Phi) is 2.64. The van der Waals surface area contributed by atoms with Crippen LogP contribution in [0.2, 0.25) is 0 Å². The van der Waals surface area contributed by atoms with E-state index in [4.69, 9.17) is 15.7 Å². The second-order valence-electron chi connectivity index (χ2n) is 4.38. The van der Waals surface area contributed by atoms with E-state index in [1.807, 2.05) is 13.8 Å². The number of nitrogen functional groups attached to an aromatic ring is 1. The molecule has 0 saturated carbocycles. The van der Waals surface area contributed by atoms with Gasteiger partial charge in [0.05, 0.1) is 17.7 Å². The molecule has 1 fully saturated rings. The summed E-state index contributed by atoms with van der Waals surface area (Å²) < 4.78 is 7.61. The van der Waals surface area contributed by atoms with Crippen LogP contribution < -0.4 is 5.73 Å². The van der Waals surface area contributed by atoms with Crippen molar-refractivity contribution in [3.63, 3.8) is 0 Å². The Morgan fingerprint density at radius 2 is 2.19 bits per heavy atom. The summed E-state index contributed by atoms with van der Waals surface area (Å²) in [5, 5.41) is 9.07. The quantitative estimate of drug-likeness (QED) is 0.784. The van der Waals surface area contributed by atoms with Gasteiger partial charge in [-0.3, -0.25) is 0 Å². The fraction of sp³-hybridized carbons (Fsp3) is 0.583. The van der Waals surface area contributed by atoms with Gasteiger partial charge >= 0.3 is 0 Å². The van der Waals surface area contributed by atoms with Crippen LogP contribution in [0.5, 0.6) is 0 Å². The van der Waals surface area contributed by atoms with E-state index < -0.39 is 0 Å². The summed E-state index contributed by atoms with van der Waals surface area (Å²) in [4.78, 5) is 0. The lowest BCUT2D eigenvalue weighted by Gasteiger charge is -2.20. The van der Waals surface area contributed by atoms with Crippen molar-refractivity contribution >= 4 is 5.82 Å². The Labute approximate surface area is 95.6 Å². The number of anilines is 1. The molecule has 0 aromatic carbocycles. The molecule has 0 amide bonds. The second-order valence-corrected chi connectivity index (χ2v) is 4.38. The molecule has 0 spiro atoms. The van der Waals surface area contributed by atoms with E-state index >= 15 is 0 Å². The molecule has 2 N–H and O–H groups in total. The molecular formula is C12H17N3O. The molecule has 1 aliphatic rings. The number of nitrogens with two attached hydrogens (primary N) is 1. The van der Waals surface area contributed by atoms with Gasteiger partial charge in [-0.25, -0.2) is 0 Å². The van der Waals surface area contributed by atoms with Gasteiger partial charge in [-0.15, -0.1) is 0 Å². The lowest BCUT2D eigenvalue weighted by Crippen LogP contribution is -2.19. The topological polar surface area (TPSA) is 64.0 Å². The Morgan fingerprint density at radius 3 is 2.62 bits per heavy atom. The maximum atomic E-state index is 9.07. The van der Waals surface area contributed by atoms with E-state index in [1.54, 1.807) is 0 Å². The summed E-state index contributed by atoms with van der Waals surface area (Å²) in [6.45, 7) is 6.78. The first kappa shape index (κ1) is 11.0. The van der Waals surface area contributed by atoms with Gasteiger partial charge in [-0.2, -0.15) is 5.26 Å². The molecule has 1 aliphatic heterocycles. The molecule has 4 nitrogen and oxygen atoms in total. The molecule has 0 aliphatic carbocycles. The van der Waals surface area contributed by atoms with E-state index in [0.29, 0.717) is 11.4 Å². The van der Waals surface area contributed by atoms with Gasteiger partial charge in [0.15, 0.2) is 0 Å². The molecule has 0 bridgehead atoms. The van der Waals surface area contributed by atoms with Crippen LogP contribution in [-0.2, 0) is 4.74 Å². The van der Waals surface area contributed by atoms with Crippen LogP contribution in [0.4, 0.5) is 5.82 Å². The molecule has 86 valence electrons. The first-order valence-electron chi connectivity index (χ1n) is 5.56. The lowest BCUT2D eigenvalue weighted by atomic mass is 10.1. The fourth-order valence-corrected chi connectivity index (χ4v) is 2.48. The second kappa shape index (κ2) is 3.84. The van der Waals surface area contributed by atoms with E-state index in [2.05, 4.69) is 17.6 Å². The minimum Gasteiger partial charge on any atom is -0.384 e. The highest BCUT2D eigenvalue weighted by atomic mass is 16.5. The van der Waals surface area contributed by atoms with Crippen LogP contribution in [-0.4, -0.2) is 17.3 Å². The average molecular weight is 219 g/mol. The molecular weight excluding hydrogens is 202 g/mol. The molecule has 2 unspecified atom stereocenters. The summed E-state index contributed by atoms with van der Waals surface area (Å²) >= 11 is 0. The van der Waals surface area contributed by atoms with Gasteiger partial charge in [0.1, 0.15) is 11.9 Å². The molecule has 16 heavy (non-hydrogen) atoms. The minimum atomic E-state index is 0.166. The third-order valence-corrected chi connectivity index (χ3v) is 3.57. The summed E-state index contributed by atoms with van der Waals surface area (Å²) in [6, 6.07) is 2.44. The van der Waals surface area contributed by atoms with Crippen molar-refractivity contribution in [2.75, 3.05) is 12.3 Å². The predicted octanol–water partition coefficient (Wildman–Crippen LogP) is 1.91. The van der Waals surface area contributed by atoms with E-state index in [1.165, 1.54) is 0 Å². The van der Waals surface area contributed by atoms with Crippen LogP contribution in [0.3, 0.4) is 0 Å². The van der Waals surface area contributed by atoms with Crippen LogP contribution in [0.1, 0.15) is 36.2 Å². The zero-order chi connectivity index (χ0) is 11.9. The van der Waals surface area contributed by atoms with Crippen molar-refractivity contribution in [1.29, 1.82) is 5.26 Å². The molecule has 1 aromatic rings. The molecule has 1 saturated heterocycles. The molecule has 2 heterocycles. The highest BCUT2D eigenvalue weighted by Crippen LogP contribution is 2.34. The number of aromatic nitrogens is 1. The Hall–Kier alpha value is -1.47. The van der Waals surface area contributed by atoms with Gasteiger partial charge in [-0.05, 0) is 32.8 Å². The highest BCUT2D eigenvalue weighted by Gasteiger charge is 2.30. The van der Waals surface area contributed by atoms with Crippen LogP contribution in [0.25, 0.3) is 0 Å². The highest BCUT2D eigenvalue weighted by molar-refractivity contribution is 5.58. The lowest BCUT2D eigenvalue weighted by molar-refractivity contribution is 0.108. The molecule has 4 heteroatoms. The molecule has 0 radical (unpaired) electrons. The Morgan fingerprint density at radius 1 is 1.50 bits per heavy atom. The number of hydrogen-bond donors (Lipinski definition) is 1. The Balaban J connectivity index is 2.53. The van der Waals surface area contributed by atoms with Crippen molar-refractivity contribution < 1.29 is 4.74 Å². The van der Waals surface area contributed by atoms with Crippen molar-refractivity contribution in [3.8, 4) is 6.07 Å². The Bertz CT molecular complexity index is 456. The monoisotopic (exact) mass is 219 g/mol. The maximum Gasteiger partial charge on any atom is 0.122 e. The number of hydrogen-bond acceptors (Lipinski definition) is 3. The van der Waals surface area contributed by atoms with Gasteiger partial charge in [0.25, 0.3) is 0 Å². The minimum absolute atomic E-state index is 0.166. The normalized spacial score (nSPS) is 24.6. The van der Waals surface area contributed by atoms with Gasteiger partial charge in [-0.1, -0.05) is 0 Å². The van der Waals surface area contributed by atoms with E-state index in [9.17, 15) is 0 Å². The van der Waals surface area contributed by atoms with E-state index in [0.717, 1.165) is 24.3 Å². The van der Waals surface area contributed by atoms with Crippen molar-refractivity contribution in [1.82, 2.24) is 4.57 Å². The molecule has 1 aromatic heterocycles. The third kappa shape index (κ3) is 1.40. The molecule has 2 atom stereocenters. The third-order valence-electron chi connectivity index (χ3n) is 3.57. The standard InChI is InChI=1S/C12H17N3O/c1-7-8(2)15(12(14)10(7)6-13)11-4-5-16-9(11)3/h9,11H,4-5,14H2,1-3H3.